The van der Waals surface area contributed by atoms with E-state index in [0.29, 0.717) is 16.3 Å². The summed E-state index contributed by atoms with van der Waals surface area (Å²) in [5.74, 6) is -1.09. The minimum absolute atomic E-state index is 0.0959. The molecular weight excluding hydrogens is 291 g/mol. The first-order valence-corrected chi connectivity index (χ1v) is 6.46. The van der Waals surface area contributed by atoms with Crippen molar-refractivity contribution >= 4 is 22.9 Å². The molecule has 0 saturated carbocycles. The molecule has 0 unspecified atom stereocenters. The van der Waals surface area contributed by atoms with Crippen LogP contribution in [0.3, 0.4) is 0 Å². The summed E-state index contributed by atoms with van der Waals surface area (Å²) in [6.07, 6.45) is 0.679. The molecule has 0 aromatic carbocycles. The first kappa shape index (κ1) is 14.5. The van der Waals surface area contributed by atoms with E-state index in [4.69, 9.17) is 5.11 Å². The lowest BCUT2D eigenvalue weighted by atomic mass is 10.2. The molecule has 7 heteroatoms. The van der Waals surface area contributed by atoms with E-state index >= 15 is 0 Å². The van der Waals surface area contributed by atoms with Gasteiger partial charge in [0.05, 0.1) is 5.69 Å². The van der Waals surface area contributed by atoms with Crippen LogP contribution in [-0.2, 0) is 0 Å². The number of nitrogens with zero attached hydrogens (tertiary/aromatic N) is 1. The van der Waals surface area contributed by atoms with Crippen molar-refractivity contribution in [2.45, 2.75) is 19.5 Å². The van der Waals surface area contributed by atoms with Crippen LogP contribution in [0.25, 0.3) is 5.57 Å². The minimum atomic E-state index is -4.36. The molecule has 0 saturated heterocycles. The lowest BCUT2D eigenvalue weighted by molar-refractivity contribution is -0.0928. The van der Waals surface area contributed by atoms with Gasteiger partial charge in [-0.05, 0) is 13.3 Å². The summed E-state index contributed by atoms with van der Waals surface area (Å²) in [6.45, 7) is 1.56. The van der Waals surface area contributed by atoms with Gasteiger partial charge in [-0.1, -0.05) is 24.3 Å². The number of thiazole rings is 1. The molecule has 106 valence electrons. The summed E-state index contributed by atoms with van der Waals surface area (Å²) < 4.78 is 37.8. The van der Waals surface area contributed by atoms with Gasteiger partial charge in [-0.3, -0.25) is 0 Å². The predicted molar refractivity (Wildman–Crippen MR) is 69.7 cm³/mol. The number of carbonyl (C=O) groups is 1. The maximum absolute atomic E-state index is 12.6. The first-order chi connectivity index (χ1) is 9.29. The maximum atomic E-state index is 12.6. The van der Waals surface area contributed by atoms with Crippen molar-refractivity contribution in [1.82, 2.24) is 4.98 Å². The molecule has 0 bridgehead atoms. The zero-order valence-corrected chi connectivity index (χ0v) is 11.2. The Balaban J connectivity index is 2.39. The first-order valence-electron chi connectivity index (χ1n) is 5.64. The number of aromatic carboxylic acids is 1. The van der Waals surface area contributed by atoms with E-state index < -0.39 is 17.7 Å². The number of carboxylic acids is 1. The molecule has 0 amide bonds. The smallest absolute Gasteiger partial charge is 0.412 e. The largest absolute Gasteiger partial charge is 0.477 e. The van der Waals surface area contributed by atoms with Gasteiger partial charge in [0.25, 0.3) is 0 Å². The summed E-state index contributed by atoms with van der Waals surface area (Å²) in [4.78, 5) is 15.1. The third-order valence-corrected chi connectivity index (χ3v) is 3.90. The molecule has 0 aliphatic heterocycles. The lowest BCUT2D eigenvalue weighted by Crippen LogP contribution is -2.10. The Bertz CT molecular complexity index is 639. The third-order valence-electron chi connectivity index (χ3n) is 2.70. The van der Waals surface area contributed by atoms with Gasteiger partial charge < -0.3 is 5.11 Å². The van der Waals surface area contributed by atoms with Gasteiger partial charge >= 0.3 is 12.1 Å². The van der Waals surface area contributed by atoms with Crippen LogP contribution in [0.1, 0.15) is 26.8 Å². The van der Waals surface area contributed by atoms with E-state index in [1.54, 1.807) is 6.92 Å². The van der Waals surface area contributed by atoms with Crippen molar-refractivity contribution < 1.29 is 23.1 Å². The Morgan fingerprint density at radius 2 is 2.10 bits per heavy atom. The van der Waals surface area contributed by atoms with Crippen LogP contribution >= 0.6 is 11.3 Å². The topological polar surface area (TPSA) is 50.2 Å². The standard InChI is InChI=1S/C13H10F3NO2S/c1-7-10(12(18)19)20-11(17-7)8-3-2-4-9(6-5-8)13(14,15)16/h2-3,5-6H,4H2,1H3,(H,18,19). The molecule has 1 aromatic rings. The highest BCUT2D eigenvalue weighted by Crippen LogP contribution is 2.32. The second-order valence-corrected chi connectivity index (χ2v) is 5.16. The fraction of sp³-hybridized carbons (Fsp3) is 0.231. The monoisotopic (exact) mass is 301 g/mol. The van der Waals surface area contributed by atoms with E-state index in [-0.39, 0.29) is 11.3 Å². The van der Waals surface area contributed by atoms with Gasteiger partial charge in [-0.25, -0.2) is 9.78 Å². The van der Waals surface area contributed by atoms with E-state index in [9.17, 15) is 18.0 Å². The zero-order chi connectivity index (χ0) is 14.9. The van der Waals surface area contributed by atoms with Crippen LogP contribution < -0.4 is 0 Å². The number of aromatic nitrogens is 1. The molecule has 0 fully saturated rings. The average Bonchev–Trinajstić information content (AvgIpc) is 2.58. The number of allylic oxidation sites excluding steroid dienone is 6. The van der Waals surface area contributed by atoms with Crippen LogP contribution in [0.15, 0.2) is 29.9 Å². The molecule has 1 aliphatic rings. The van der Waals surface area contributed by atoms with Crippen molar-refractivity contribution in [3.8, 4) is 0 Å². The van der Waals surface area contributed by atoms with Crippen molar-refractivity contribution in [1.29, 1.82) is 0 Å². The number of alkyl halides is 3. The van der Waals surface area contributed by atoms with Gasteiger partial charge in [-0.2, -0.15) is 13.2 Å². The van der Waals surface area contributed by atoms with Gasteiger partial charge in [0, 0.05) is 11.1 Å². The number of rotatable bonds is 2. The molecule has 1 aromatic heterocycles. The number of halogens is 3. The Morgan fingerprint density at radius 1 is 1.40 bits per heavy atom. The zero-order valence-electron chi connectivity index (χ0n) is 10.4. The minimum Gasteiger partial charge on any atom is -0.477 e. The van der Waals surface area contributed by atoms with Crippen LogP contribution in [0.2, 0.25) is 0 Å². The van der Waals surface area contributed by atoms with Crippen LogP contribution in [0, 0.1) is 6.92 Å². The van der Waals surface area contributed by atoms with E-state index in [2.05, 4.69) is 4.98 Å². The number of hydrogen-bond donors (Lipinski definition) is 1. The molecule has 2 rings (SSSR count). The summed E-state index contributed by atoms with van der Waals surface area (Å²) in [5, 5.41) is 9.35. The Morgan fingerprint density at radius 3 is 2.65 bits per heavy atom. The highest BCUT2D eigenvalue weighted by Gasteiger charge is 2.32. The highest BCUT2D eigenvalue weighted by molar-refractivity contribution is 7.14. The molecule has 0 spiro atoms. The lowest BCUT2D eigenvalue weighted by Gasteiger charge is -2.07. The number of carboxylic acid groups (broad SMARTS) is 1. The quantitative estimate of drug-likeness (QED) is 0.899. The molecule has 20 heavy (non-hydrogen) atoms. The Kier molecular flexibility index (Phi) is 3.80. The van der Waals surface area contributed by atoms with E-state index in [1.807, 2.05) is 0 Å². The van der Waals surface area contributed by atoms with E-state index in [0.717, 1.165) is 17.4 Å². The summed E-state index contributed by atoms with van der Waals surface area (Å²) in [5.41, 5.74) is 0.191. The average molecular weight is 301 g/mol. The van der Waals surface area contributed by atoms with Crippen molar-refractivity contribution in [2.24, 2.45) is 0 Å². The fourth-order valence-electron chi connectivity index (χ4n) is 1.70. The number of aryl methyl sites for hydroxylation is 1. The van der Waals surface area contributed by atoms with Crippen molar-refractivity contribution in [2.75, 3.05) is 0 Å². The number of hydrogen-bond acceptors (Lipinski definition) is 3. The molecule has 1 N–H and O–H groups in total. The van der Waals surface area contributed by atoms with Crippen molar-refractivity contribution in [3.63, 3.8) is 0 Å². The van der Waals surface area contributed by atoms with Crippen LogP contribution in [0.4, 0.5) is 13.2 Å². The Labute approximate surface area is 116 Å². The van der Waals surface area contributed by atoms with Gasteiger partial charge in [0.2, 0.25) is 0 Å². The second kappa shape index (κ2) is 5.24. The summed E-state index contributed by atoms with van der Waals surface area (Å²) in [6, 6.07) is 0. The molecule has 1 aliphatic carbocycles. The molecule has 0 radical (unpaired) electrons. The normalized spacial score (nSPS) is 15.6. The molecule has 1 heterocycles. The summed E-state index contributed by atoms with van der Waals surface area (Å²) >= 11 is 0.951. The molecular formula is C13H10F3NO2S. The van der Waals surface area contributed by atoms with E-state index in [1.165, 1.54) is 18.2 Å². The highest BCUT2D eigenvalue weighted by atomic mass is 32.1. The van der Waals surface area contributed by atoms with Crippen LogP contribution in [-0.4, -0.2) is 22.2 Å². The van der Waals surface area contributed by atoms with Gasteiger partial charge in [-0.15, -0.1) is 11.3 Å². The molecule has 0 atom stereocenters. The SMILES string of the molecule is Cc1nc(C2=CC=C(C(F)(F)F)CC=C2)sc1C(=O)O. The van der Waals surface area contributed by atoms with Crippen LogP contribution in [0.5, 0.6) is 0 Å². The maximum Gasteiger partial charge on any atom is 0.412 e. The summed E-state index contributed by atoms with van der Waals surface area (Å²) in [7, 11) is 0. The van der Waals surface area contributed by atoms with Gasteiger partial charge in [0.15, 0.2) is 0 Å². The second-order valence-electron chi connectivity index (χ2n) is 4.16. The van der Waals surface area contributed by atoms with Crippen molar-refractivity contribution in [3.05, 3.63) is 45.5 Å². The predicted octanol–water partition coefficient (Wildman–Crippen LogP) is 3.98. The Hall–Kier alpha value is -1.89. The fourth-order valence-corrected chi connectivity index (χ4v) is 2.61. The third kappa shape index (κ3) is 2.98. The molecule has 3 nitrogen and oxygen atoms in total. The van der Waals surface area contributed by atoms with Gasteiger partial charge in [0.1, 0.15) is 9.88 Å².